The molecule has 0 amide bonds. The summed E-state index contributed by atoms with van der Waals surface area (Å²) < 4.78 is 1.96. The fourth-order valence-corrected chi connectivity index (χ4v) is 1.44. The van der Waals surface area contributed by atoms with E-state index >= 15 is 0 Å². The van der Waals surface area contributed by atoms with Gasteiger partial charge in [-0.2, -0.15) is 5.10 Å². The van der Waals surface area contributed by atoms with Crippen molar-refractivity contribution < 1.29 is 0 Å². The van der Waals surface area contributed by atoms with Crippen LogP contribution in [0.15, 0.2) is 42.6 Å². The Bertz CT molecular complexity index is 442. The fourth-order valence-electron chi connectivity index (χ4n) is 1.44. The lowest BCUT2D eigenvalue weighted by molar-refractivity contribution is 0.727. The molecule has 3 nitrogen and oxygen atoms in total. The van der Waals surface area contributed by atoms with Crippen molar-refractivity contribution in [2.24, 2.45) is 5.73 Å². The number of benzene rings is 1. The Balaban J connectivity index is 2.29. The van der Waals surface area contributed by atoms with Crippen molar-refractivity contribution in [2.45, 2.75) is 6.54 Å². The van der Waals surface area contributed by atoms with Crippen LogP contribution in [0.4, 0.5) is 0 Å². The van der Waals surface area contributed by atoms with Gasteiger partial charge in [-0.1, -0.05) is 30.4 Å². The lowest BCUT2D eigenvalue weighted by atomic mass is 10.2. The molecule has 0 spiro atoms. The Morgan fingerprint density at radius 1 is 1.29 bits per heavy atom. The highest BCUT2D eigenvalue weighted by Crippen LogP contribution is 2.12. The molecule has 0 unspecified atom stereocenters. The molecule has 2 N–H and O–H groups in total. The summed E-state index contributed by atoms with van der Waals surface area (Å²) in [5, 5.41) is 5.47. The maximum Gasteiger partial charge on any atom is 0.0686 e. The molecule has 1 aromatic carbocycles. The molecule has 0 saturated carbocycles. The minimum atomic E-state index is 0.583. The zero-order chi connectivity index (χ0) is 9.80. The van der Waals surface area contributed by atoms with Crippen LogP contribution in [0, 0.1) is 0 Å². The average molecular weight is 187 g/mol. The van der Waals surface area contributed by atoms with E-state index in [9.17, 15) is 0 Å². The summed E-state index contributed by atoms with van der Waals surface area (Å²) in [7, 11) is 0. The van der Waals surface area contributed by atoms with Gasteiger partial charge in [-0.3, -0.25) is 4.68 Å². The quantitative estimate of drug-likeness (QED) is 0.741. The van der Waals surface area contributed by atoms with E-state index in [1.807, 2.05) is 35.2 Å². The van der Waals surface area contributed by atoms with Crippen LogP contribution in [0.3, 0.4) is 0 Å². The molecule has 0 aliphatic heterocycles. The van der Waals surface area contributed by atoms with E-state index in [2.05, 4.69) is 17.2 Å². The van der Waals surface area contributed by atoms with E-state index < -0.39 is 0 Å². The molecule has 0 radical (unpaired) electrons. The lowest BCUT2D eigenvalue weighted by Crippen LogP contribution is -1.98. The van der Waals surface area contributed by atoms with Crippen molar-refractivity contribution in [3.8, 4) is 0 Å². The number of aromatic nitrogens is 2. The third kappa shape index (κ3) is 1.67. The van der Waals surface area contributed by atoms with Gasteiger partial charge >= 0.3 is 0 Å². The third-order valence-corrected chi connectivity index (χ3v) is 2.13. The summed E-state index contributed by atoms with van der Waals surface area (Å²) in [6.07, 6.45) is 5.85. The van der Waals surface area contributed by atoms with Crippen molar-refractivity contribution in [3.05, 3.63) is 42.6 Å². The van der Waals surface area contributed by atoms with E-state index in [-0.39, 0.29) is 0 Å². The second kappa shape index (κ2) is 4.07. The molecule has 3 heteroatoms. The van der Waals surface area contributed by atoms with Crippen molar-refractivity contribution in [1.29, 1.82) is 0 Å². The molecule has 0 aliphatic rings. The topological polar surface area (TPSA) is 43.8 Å². The van der Waals surface area contributed by atoms with Gasteiger partial charge in [0.15, 0.2) is 0 Å². The third-order valence-electron chi connectivity index (χ3n) is 2.13. The van der Waals surface area contributed by atoms with Crippen LogP contribution < -0.4 is 5.73 Å². The minimum absolute atomic E-state index is 0.583. The standard InChI is InChI=1S/C11H13N3/c12-7-3-4-8-14-11-6-2-1-5-10(11)9-13-14/h1-6,9H,7-8,12H2/b4-3+. The van der Waals surface area contributed by atoms with Gasteiger partial charge < -0.3 is 5.73 Å². The zero-order valence-electron chi connectivity index (χ0n) is 7.93. The zero-order valence-corrected chi connectivity index (χ0v) is 7.93. The first-order valence-electron chi connectivity index (χ1n) is 4.67. The second-order valence-corrected chi connectivity index (χ2v) is 3.09. The van der Waals surface area contributed by atoms with Crippen molar-refractivity contribution >= 4 is 10.9 Å². The number of para-hydroxylation sites is 1. The predicted molar refractivity (Wildman–Crippen MR) is 57.9 cm³/mol. The minimum Gasteiger partial charge on any atom is -0.327 e. The summed E-state index contributed by atoms with van der Waals surface area (Å²) in [6.45, 7) is 1.36. The van der Waals surface area contributed by atoms with Crippen LogP contribution in [-0.4, -0.2) is 16.3 Å². The number of hydrogen-bond donors (Lipinski definition) is 1. The largest absolute Gasteiger partial charge is 0.327 e. The van der Waals surface area contributed by atoms with E-state index in [1.165, 1.54) is 5.39 Å². The van der Waals surface area contributed by atoms with Gasteiger partial charge in [0.2, 0.25) is 0 Å². The number of fused-ring (bicyclic) bond motifs is 1. The molecule has 2 rings (SSSR count). The van der Waals surface area contributed by atoms with E-state index in [0.717, 1.165) is 12.1 Å². The molecule has 0 atom stereocenters. The first kappa shape index (κ1) is 8.97. The van der Waals surface area contributed by atoms with E-state index in [0.29, 0.717) is 6.54 Å². The SMILES string of the molecule is NC/C=C/Cn1ncc2ccccc21. The Morgan fingerprint density at radius 3 is 3.00 bits per heavy atom. The van der Waals surface area contributed by atoms with Crippen molar-refractivity contribution in [3.63, 3.8) is 0 Å². The summed E-state index contributed by atoms with van der Waals surface area (Å²) in [5.74, 6) is 0. The first-order chi connectivity index (χ1) is 6.92. The highest BCUT2D eigenvalue weighted by atomic mass is 15.3. The number of hydrogen-bond acceptors (Lipinski definition) is 2. The molecule has 14 heavy (non-hydrogen) atoms. The summed E-state index contributed by atoms with van der Waals surface area (Å²) >= 11 is 0. The highest BCUT2D eigenvalue weighted by molar-refractivity contribution is 5.78. The molecule has 1 aromatic heterocycles. The van der Waals surface area contributed by atoms with Gasteiger partial charge in [-0.15, -0.1) is 0 Å². The van der Waals surface area contributed by atoms with Crippen molar-refractivity contribution in [1.82, 2.24) is 9.78 Å². The Morgan fingerprint density at radius 2 is 2.14 bits per heavy atom. The van der Waals surface area contributed by atoms with Gasteiger partial charge in [-0.05, 0) is 6.07 Å². The predicted octanol–water partition coefficient (Wildman–Crippen LogP) is 1.55. The molecule has 2 aromatic rings. The van der Waals surface area contributed by atoms with Gasteiger partial charge in [0.1, 0.15) is 0 Å². The van der Waals surface area contributed by atoms with E-state index in [4.69, 9.17) is 5.73 Å². The summed E-state index contributed by atoms with van der Waals surface area (Å²) in [6, 6.07) is 8.17. The molecule has 0 bridgehead atoms. The first-order valence-corrected chi connectivity index (χ1v) is 4.67. The molecular weight excluding hydrogens is 174 g/mol. The maximum absolute atomic E-state index is 5.36. The maximum atomic E-state index is 5.36. The molecule has 0 saturated heterocycles. The Labute approximate surface area is 82.8 Å². The lowest BCUT2D eigenvalue weighted by Gasteiger charge is -1.97. The van der Waals surface area contributed by atoms with Crippen LogP contribution in [0.2, 0.25) is 0 Å². The normalized spacial score (nSPS) is 11.5. The van der Waals surface area contributed by atoms with Crippen LogP contribution in [-0.2, 0) is 6.54 Å². The molecule has 72 valence electrons. The smallest absolute Gasteiger partial charge is 0.0686 e. The Kier molecular flexibility index (Phi) is 2.60. The van der Waals surface area contributed by atoms with Gasteiger partial charge in [0.05, 0.1) is 18.3 Å². The number of nitrogens with two attached hydrogens (primary N) is 1. The van der Waals surface area contributed by atoms with Crippen LogP contribution in [0.1, 0.15) is 0 Å². The van der Waals surface area contributed by atoms with Gasteiger partial charge in [0, 0.05) is 11.9 Å². The monoisotopic (exact) mass is 187 g/mol. The summed E-state index contributed by atoms with van der Waals surface area (Å²) in [5.41, 5.74) is 6.53. The van der Waals surface area contributed by atoms with Crippen LogP contribution in [0.5, 0.6) is 0 Å². The Hall–Kier alpha value is -1.61. The average Bonchev–Trinajstić information content (AvgIpc) is 2.63. The molecule has 1 heterocycles. The number of rotatable bonds is 3. The van der Waals surface area contributed by atoms with E-state index in [1.54, 1.807) is 0 Å². The molecule has 0 aliphatic carbocycles. The fraction of sp³-hybridized carbons (Fsp3) is 0.182. The van der Waals surface area contributed by atoms with Crippen molar-refractivity contribution in [2.75, 3.05) is 6.54 Å². The second-order valence-electron chi connectivity index (χ2n) is 3.09. The molecule has 0 fully saturated rings. The van der Waals surface area contributed by atoms with Gasteiger partial charge in [-0.25, -0.2) is 0 Å². The number of nitrogens with zero attached hydrogens (tertiary/aromatic N) is 2. The summed E-state index contributed by atoms with van der Waals surface area (Å²) in [4.78, 5) is 0. The molecular formula is C11H13N3. The van der Waals surface area contributed by atoms with Crippen LogP contribution in [0.25, 0.3) is 10.9 Å². The van der Waals surface area contributed by atoms with Gasteiger partial charge in [0.25, 0.3) is 0 Å². The van der Waals surface area contributed by atoms with Crippen LogP contribution >= 0.6 is 0 Å². The highest BCUT2D eigenvalue weighted by Gasteiger charge is 1.97. The number of allylic oxidation sites excluding steroid dienone is 1.